The SMILES string of the molecule is Cc1nn(C)c(C)c1NC(=O)c1csc(-c2ccccc2)n1. The van der Waals surface area contributed by atoms with E-state index in [9.17, 15) is 4.79 Å². The van der Waals surface area contributed by atoms with E-state index in [-0.39, 0.29) is 5.91 Å². The largest absolute Gasteiger partial charge is 0.317 e. The lowest BCUT2D eigenvalue weighted by molar-refractivity contribution is 0.102. The van der Waals surface area contributed by atoms with Crippen molar-refractivity contribution < 1.29 is 4.79 Å². The van der Waals surface area contributed by atoms with Crippen LogP contribution in [0.4, 0.5) is 5.69 Å². The van der Waals surface area contributed by atoms with Gasteiger partial charge in [-0.3, -0.25) is 9.48 Å². The van der Waals surface area contributed by atoms with Crippen LogP contribution in [0.15, 0.2) is 35.7 Å². The van der Waals surface area contributed by atoms with Gasteiger partial charge in [-0.05, 0) is 13.8 Å². The lowest BCUT2D eigenvalue weighted by atomic mass is 10.2. The molecule has 22 heavy (non-hydrogen) atoms. The van der Waals surface area contributed by atoms with Crippen molar-refractivity contribution >= 4 is 22.9 Å². The number of carbonyl (C=O) groups excluding carboxylic acids is 1. The molecule has 3 rings (SSSR count). The van der Waals surface area contributed by atoms with E-state index in [1.807, 2.05) is 51.2 Å². The van der Waals surface area contributed by atoms with E-state index in [4.69, 9.17) is 0 Å². The van der Waals surface area contributed by atoms with Gasteiger partial charge in [0, 0.05) is 18.0 Å². The summed E-state index contributed by atoms with van der Waals surface area (Å²) in [5.41, 5.74) is 3.91. The molecule has 1 aromatic carbocycles. The molecule has 1 N–H and O–H groups in total. The van der Waals surface area contributed by atoms with Gasteiger partial charge in [0.1, 0.15) is 10.7 Å². The van der Waals surface area contributed by atoms with Crippen molar-refractivity contribution in [2.24, 2.45) is 7.05 Å². The van der Waals surface area contributed by atoms with Crippen molar-refractivity contribution in [3.8, 4) is 10.6 Å². The van der Waals surface area contributed by atoms with Gasteiger partial charge in [0.2, 0.25) is 0 Å². The molecule has 2 heterocycles. The minimum Gasteiger partial charge on any atom is -0.317 e. The van der Waals surface area contributed by atoms with Crippen LogP contribution >= 0.6 is 11.3 Å². The third kappa shape index (κ3) is 2.65. The summed E-state index contributed by atoms with van der Waals surface area (Å²) in [6, 6.07) is 9.84. The number of hydrogen-bond donors (Lipinski definition) is 1. The van der Waals surface area contributed by atoms with Crippen molar-refractivity contribution in [2.75, 3.05) is 5.32 Å². The number of aryl methyl sites for hydroxylation is 2. The smallest absolute Gasteiger partial charge is 0.275 e. The molecule has 0 saturated carbocycles. The predicted octanol–water partition coefficient (Wildman–Crippen LogP) is 3.41. The highest BCUT2D eigenvalue weighted by Crippen LogP contribution is 2.24. The zero-order chi connectivity index (χ0) is 15.7. The maximum absolute atomic E-state index is 12.4. The Hall–Kier alpha value is -2.47. The van der Waals surface area contributed by atoms with Crippen LogP contribution in [0.25, 0.3) is 10.6 Å². The highest BCUT2D eigenvalue weighted by molar-refractivity contribution is 7.13. The number of amides is 1. The van der Waals surface area contributed by atoms with Gasteiger partial charge in [0.25, 0.3) is 5.91 Å². The molecule has 112 valence electrons. The van der Waals surface area contributed by atoms with Crippen LogP contribution in [-0.4, -0.2) is 20.7 Å². The van der Waals surface area contributed by atoms with Gasteiger partial charge in [-0.15, -0.1) is 11.3 Å². The van der Waals surface area contributed by atoms with Gasteiger partial charge in [-0.1, -0.05) is 30.3 Å². The average molecular weight is 312 g/mol. The predicted molar refractivity (Wildman–Crippen MR) is 88.2 cm³/mol. The van der Waals surface area contributed by atoms with Crippen LogP contribution in [0.2, 0.25) is 0 Å². The van der Waals surface area contributed by atoms with Crippen molar-refractivity contribution in [3.05, 3.63) is 52.8 Å². The monoisotopic (exact) mass is 312 g/mol. The van der Waals surface area contributed by atoms with Crippen LogP contribution in [0.1, 0.15) is 21.9 Å². The first-order chi connectivity index (χ1) is 10.6. The number of nitrogens with one attached hydrogen (secondary N) is 1. The molecular weight excluding hydrogens is 296 g/mol. The first-order valence-electron chi connectivity index (χ1n) is 6.88. The number of carbonyl (C=O) groups is 1. The Morgan fingerprint density at radius 2 is 1.95 bits per heavy atom. The van der Waals surface area contributed by atoms with E-state index in [0.717, 1.165) is 27.6 Å². The Balaban J connectivity index is 1.83. The van der Waals surface area contributed by atoms with Crippen LogP contribution in [-0.2, 0) is 7.05 Å². The lowest BCUT2D eigenvalue weighted by Gasteiger charge is -2.03. The standard InChI is InChI=1S/C16H16N4OS/c1-10-14(11(2)20(3)19-10)18-15(21)13-9-22-16(17-13)12-7-5-4-6-8-12/h4-9H,1-3H3,(H,18,21). The molecule has 0 unspecified atom stereocenters. The van der Waals surface area contributed by atoms with E-state index >= 15 is 0 Å². The molecule has 6 heteroatoms. The van der Waals surface area contributed by atoms with Crippen molar-refractivity contribution in [2.45, 2.75) is 13.8 Å². The Labute approximate surface area is 132 Å². The van der Waals surface area contributed by atoms with Crippen molar-refractivity contribution in [3.63, 3.8) is 0 Å². The minimum absolute atomic E-state index is 0.211. The summed E-state index contributed by atoms with van der Waals surface area (Å²) in [7, 11) is 1.86. The molecule has 0 saturated heterocycles. The van der Waals surface area contributed by atoms with E-state index in [0.29, 0.717) is 5.69 Å². The summed E-state index contributed by atoms with van der Waals surface area (Å²) in [6.07, 6.45) is 0. The molecular formula is C16H16N4OS. The Morgan fingerprint density at radius 1 is 1.23 bits per heavy atom. The zero-order valence-corrected chi connectivity index (χ0v) is 13.4. The molecule has 0 aliphatic carbocycles. The van der Waals surface area contributed by atoms with E-state index in [1.54, 1.807) is 10.1 Å². The summed E-state index contributed by atoms with van der Waals surface area (Å²) in [6.45, 7) is 3.80. The third-order valence-corrected chi connectivity index (χ3v) is 4.40. The molecule has 5 nitrogen and oxygen atoms in total. The summed E-state index contributed by atoms with van der Waals surface area (Å²) in [4.78, 5) is 16.8. The first kappa shape index (κ1) is 14.5. The van der Waals surface area contributed by atoms with E-state index in [1.165, 1.54) is 11.3 Å². The molecule has 2 aromatic heterocycles. The van der Waals surface area contributed by atoms with Crippen LogP contribution in [0.3, 0.4) is 0 Å². The highest BCUT2D eigenvalue weighted by Gasteiger charge is 2.16. The summed E-state index contributed by atoms with van der Waals surface area (Å²) in [5.74, 6) is -0.211. The maximum Gasteiger partial charge on any atom is 0.275 e. The van der Waals surface area contributed by atoms with Crippen LogP contribution in [0, 0.1) is 13.8 Å². The van der Waals surface area contributed by atoms with E-state index in [2.05, 4.69) is 15.4 Å². The second-order valence-electron chi connectivity index (χ2n) is 5.03. The van der Waals surface area contributed by atoms with Gasteiger partial charge >= 0.3 is 0 Å². The van der Waals surface area contributed by atoms with Crippen molar-refractivity contribution in [1.82, 2.24) is 14.8 Å². The number of nitrogens with zero attached hydrogens (tertiary/aromatic N) is 3. The maximum atomic E-state index is 12.4. The number of thiazole rings is 1. The van der Waals surface area contributed by atoms with Gasteiger partial charge in [0.05, 0.1) is 17.1 Å². The molecule has 3 aromatic rings. The van der Waals surface area contributed by atoms with Crippen LogP contribution in [0.5, 0.6) is 0 Å². The zero-order valence-electron chi connectivity index (χ0n) is 12.6. The molecule has 0 aliphatic heterocycles. The summed E-state index contributed by atoms with van der Waals surface area (Å²) in [5, 5.41) is 9.81. The fourth-order valence-corrected chi connectivity index (χ4v) is 3.03. The van der Waals surface area contributed by atoms with Gasteiger partial charge in [-0.2, -0.15) is 5.10 Å². The van der Waals surface area contributed by atoms with Gasteiger partial charge in [0.15, 0.2) is 0 Å². The number of benzene rings is 1. The number of rotatable bonds is 3. The van der Waals surface area contributed by atoms with E-state index < -0.39 is 0 Å². The summed E-state index contributed by atoms with van der Waals surface area (Å²) < 4.78 is 1.75. The summed E-state index contributed by atoms with van der Waals surface area (Å²) >= 11 is 1.46. The normalized spacial score (nSPS) is 10.7. The van der Waals surface area contributed by atoms with Crippen molar-refractivity contribution in [1.29, 1.82) is 0 Å². The Morgan fingerprint density at radius 3 is 2.59 bits per heavy atom. The second kappa shape index (κ2) is 5.73. The molecule has 1 amide bonds. The fourth-order valence-electron chi connectivity index (χ4n) is 2.22. The van der Waals surface area contributed by atoms with Gasteiger partial charge < -0.3 is 5.32 Å². The van der Waals surface area contributed by atoms with Gasteiger partial charge in [-0.25, -0.2) is 4.98 Å². The van der Waals surface area contributed by atoms with Crippen LogP contribution < -0.4 is 5.32 Å². The first-order valence-corrected chi connectivity index (χ1v) is 7.76. The lowest BCUT2D eigenvalue weighted by Crippen LogP contribution is -2.13. The number of anilines is 1. The number of hydrogen-bond acceptors (Lipinski definition) is 4. The molecule has 0 aliphatic rings. The Kier molecular flexibility index (Phi) is 3.77. The topological polar surface area (TPSA) is 59.8 Å². The molecule has 0 atom stereocenters. The molecule has 0 spiro atoms. The molecule has 0 radical (unpaired) electrons. The molecule has 0 bridgehead atoms. The highest BCUT2D eigenvalue weighted by atomic mass is 32.1. The average Bonchev–Trinajstić information content (AvgIpc) is 3.10. The Bertz CT molecular complexity index is 820. The number of aromatic nitrogens is 3. The molecule has 0 fully saturated rings. The second-order valence-corrected chi connectivity index (χ2v) is 5.89. The quantitative estimate of drug-likeness (QED) is 0.806. The minimum atomic E-state index is -0.211. The fraction of sp³-hybridized carbons (Fsp3) is 0.188. The third-order valence-electron chi connectivity index (χ3n) is 3.51.